The number of anilines is 1. The summed E-state index contributed by atoms with van der Waals surface area (Å²) in [5, 5.41) is 13.8. The number of fused-ring (bicyclic) bond motifs is 1. The summed E-state index contributed by atoms with van der Waals surface area (Å²) < 4.78 is 22.5. The zero-order chi connectivity index (χ0) is 31.2. The highest BCUT2D eigenvalue weighted by Crippen LogP contribution is 2.47. The molecule has 1 fully saturated rings. The molecule has 9 nitrogen and oxygen atoms in total. The Kier molecular flexibility index (Phi) is 10.1. The second kappa shape index (κ2) is 14.1. The Morgan fingerprint density at radius 2 is 1.64 bits per heavy atom. The summed E-state index contributed by atoms with van der Waals surface area (Å²) in [6.45, 7) is 9.54. The number of carbonyl (C=O) groups is 2. The number of ether oxygens (including phenoxy) is 4. The van der Waals surface area contributed by atoms with Crippen molar-refractivity contribution in [1.29, 1.82) is 0 Å². The largest absolute Gasteiger partial charge is 0.491 e. The molecule has 44 heavy (non-hydrogen) atoms. The molecule has 5 rings (SSSR count). The third-order valence-electron chi connectivity index (χ3n) is 8.34. The second-order valence-electron chi connectivity index (χ2n) is 11.5. The molecule has 0 saturated carbocycles. The summed E-state index contributed by atoms with van der Waals surface area (Å²) in [5.41, 5.74) is 4.65. The van der Waals surface area contributed by atoms with Gasteiger partial charge < -0.3 is 29.4 Å². The first-order valence-corrected chi connectivity index (χ1v) is 15.4. The number of hydrogen-bond donors (Lipinski definition) is 2. The fraction of sp³-hybridized carbons (Fsp3) is 0.429. The first-order valence-electron chi connectivity index (χ1n) is 15.4. The van der Waals surface area contributed by atoms with Crippen molar-refractivity contribution in [3.63, 3.8) is 0 Å². The standard InChI is InChI=1S/C35H42N2O7/c1-5-23-8-7-9-24(6-2)33(23)36-31(38)20-37-19-28(26-12-15-29-30(18-26)44-21-43-29)32(35(39)40)34(37)25-10-13-27(14-11-25)42-17-16-41-22(3)4/h7-15,18,22,28,32,34H,5-6,16-17,19-21H2,1-4H3,(H,36,38)(H,39,40). The highest BCUT2D eigenvalue weighted by molar-refractivity contribution is 5.94. The molecule has 0 spiro atoms. The maximum atomic E-state index is 13.6. The molecular formula is C35H42N2O7. The van der Waals surface area contributed by atoms with Gasteiger partial charge in [0.1, 0.15) is 12.4 Å². The predicted molar refractivity (Wildman–Crippen MR) is 168 cm³/mol. The molecule has 3 atom stereocenters. The quantitative estimate of drug-likeness (QED) is 0.236. The van der Waals surface area contributed by atoms with E-state index in [4.69, 9.17) is 18.9 Å². The van der Waals surface area contributed by atoms with E-state index < -0.39 is 17.9 Å². The van der Waals surface area contributed by atoms with E-state index in [2.05, 4.69) is 19.2 Å². The molecule has 1 saturated heterocycles. The molecule has 3 aromatic carbocycles. The Hall–Kier alpha value is -4.08. The number of hydrogen-bond acceptors (Lipinski definition) is 7. The van der Waals surface area contributed by atoms with Gasteiger partial charge in [-0.1, -0.05) is 50.2 Å². The Balaban J connectivity index is 1.43. The summed E-state index contributed by atoms with van der Waals surface area (Å²) >= 11 is 0. The maximum Gasteiger partial charge on any atom is 0.309 e. The number of para-hydroxylation sites is 1. The van der Waals surface area contributed by atoms with Gasteiger partial charge in [-0.3, -0.25) is 14.5 Å². The van der Waals surface area contributed by atoms with E-state index in [1.807, 2.05) is 79.4 Å². The lowest BCUT2D eigenvalue weighted by Gasteiger charge is -2.27. The molecule has 0 bridgehead atoms. The average Bonchev–Trinajstić information content (AvgIpc) is 3.64. The zero-order valence-corrected chi connectivity index (χ0v) is 25.9. The smallest absolute Gasteiger partial charge is 0.309 e. The lowest BCUT2D eigenvalue weighted by Crippen LogP contribution is -2.35. The summed E-state index contributed by atoms with van der Waals surface area (Å²) in [4.78, 5) is 28.6. The van der Waals surface area contributed by atoms with Gasteiger partial charge in [0.15, 0.2) is 11.5 Å². The van der Waals surface area contributed by atoms with Crippen LogP contribution < -0.4 is 19.5 Å². The maximum absolute atomic E-state index is 13.6. The van der Waals surface area contributed by atoms with Crippen LogP contribution in [0, 0.1) is 5.92 Å². The van der Waals surface area contributed by atoms with E-state index in [0.29, 0.717) is 37.0 Å². The van der Waals surface area contributed by atoms with Crippen LogP contribution in [0.25, 0.3) is 0 Å². The van der Waals surface area contributed by atoms with Crippen LogP contribution >= 0.6 is 0 Å². The predicted octanol–water partition coefficient (Wildman–Crippen LogP) is 5.82. The van der Waals surface area contributed by atoms with Crippen LogP contribution in [0.5, 0.6) is 17.2 Å². The molecule has 3 unspecified atom stereocenters. The topological polar surface area (TPSA) is 107 Å². The molecule has 2 heterocycles. The van der Waals surface area contributed by atoms with Crippen LogP contribution in [-0.4, -0.2) is 61.1 Å². The van der Waals surface area contributed by atoms with Gasteiger partial charge in [0.25, 0.3) is 0 Å². The number of amides is 1. The minimum atomic E-state index is -0.920. The number of likely N-dealkylation sites (tertiary alicyclic amines) is 1. The Morgan fingerprint density at radius 3 is 2.30 bits per heavy atom. The van der Waals surface area contributed by atoms with Gasteiger partial charge in [0.2, 0.25) is 12.7 Å². The van der Waals surface area contributed by atoms with E-state index in [0.717, 1.165) is 40.8 Å². The number of rotatable bonds is 13. The van der Waals surface area contributed by atoms with E-state index in [-0.39, 0.29) is 31.3 Å². The number of nitrogens with zero attached hydrogens (tertiary/aromatic N) is 1. The Bertz CT molecular complexity index is 1430. The Morgan fingerprint density at radius 1 is 0.955 bits per heavy atom. The molecular weight excluding hydrogens is 560 g/mol. The van der Waals surface area contributed by atoms with E-state index in [9.17, 15) is 14.7 Å². The average molecular weight is 603 g/mol. The van der Waals surface area contributed by atoms with Crippen LogP contribution in [0.2, 0.25) is 0 Å². The van der Waals surface area contributed by atoms with Crippen LogP contribution in [0.15, 0.2) is 60.7 Å². The van der Waals surface area contributed by atoms with Crippen molar-refractivity contribution in [2.45, 2.75) is 58.6 Å². The van der Waals surface area contributed by atoms with E-state index in [1.165, 1.54) is 0 Å². The summed E-state index contributed by atoms with van der Waals surface area (Å²) in [6.07, 6.45) is 1.71. The number of aryl methyl sites for hydroxylation is 2. The molecule has 1 amide bonds. The lowest BCUT2D eigenvalue weighted by molar-refractivity contribution is -0.143. The normalized spacial score (nSPS) is 19.3. The summed E-state index contributed by atoms with van der Waals surface area (Å²) in [7, 11) is 0. The van der Waals surface area contributed by atoms with Gasteiger partial charge in [0.05, 0.1) is 25.2 Å². The number of benzene rings is 3. The van der Waals surface area contributed by atoms with Gasteiger partial charge >= 0.3 is 5.97 Å². The molecule has 0 radical (unpaired) electrons. The number of nitrogens with one attached hydrogen (secondary N) is 1. The van der Waals surface area contributed by atoms with Crippen LogP contribution in [0.4, 0.5) is 5.69 Å². The fourth-order valence-electron chi connectivity index (χ4n) is 6.24. The Labute approximate surface area is 259 Å². The van der Waals surface area contributed by atoms with E-state index >= 15 is 0 Å². The molecule has 0 aliphatic carbocycles. The third kappa shape index (κ3) is 7.00. The molecule has 3 aromatic rings. The summed E-state index contributed by atoms with van der Waals surface area (Å²) in [6, 6.07) is 18.6. The van der Waals surface area contributed by atoms with Gasteiger partial charge in [-0.25, -0.2) is 0 Å². The van der Waals surface area contributed by atoms with Gasteiger partial charge in [0, 0.05) is 24.2 Å². The molecule has 234 valence electrons. The van der Waals surface area contributed by atoms with Crippen molar-refractivity contribution in [2.24, 2.45) is 5.92 Å². The fourth-order valence-corrected chi connectivity index (χ4v) is 6.24. The molecule has 9 heteroatoms. The monoisotopic (exact) mass is 602 g/mol. The van der Waals surface area contributed by atoms with Crippen molar-refractivity contribution in [2.75, 3.05) is 38.4 Å². The van der Waals surface area contributed by atoms with Gasteiger partial charge in [-0.2, -0.15) is 0 Å². The van der Waals surface area contributed by atoms with Crippen molar-refractivity contribution < 1.29 is 33.6 Å². The third-order valence-corrected chi connectivity index (χ3v) is 8.34. The second-order valence-corrected chi connectivity index (χ2v) is 11.5. The minimum Gasteiger partial charge on any atom is -0.491 e. The SMILES string of the molecule is CCc1cccc(CC)c1NC(=O)CN1CC(c2ccc3c(c2)OCO3)C(C(=O)O)C1c1ccc(OCCOC(C)C)cc1. The number of carbonyl (C=O) groups excluding carboxylic acids is 1. The van der Waals surface area contributed by atoms with Crippen molar-refractivity contribution in [3.8, 4) is 17.2 Å². The van der Waals surface area contributed by atoms with Crippen LogP contribution in [0.1, 0.15) is 61.9 Å². The highest BCUT2D eigenvalue weighted by Gasteiger charge is 2.48. The number of carboxylic acids is 1. The van der Waals surface area contributed by atoms with Crippen LogP contribution in [0.3, 0.4) is 0 Å². The van der Waals surface area contributed by atoms with Crippen molar-refractivity contribution in [1.82, 2.24) is 4.90 Å². The van der Waals surface area contributed by atoms with Gasteiger partial charge in [-0.15, -0.1) is 0 Å². The van der Waals surface area contributed by atoms with E-state index in [1.54, 1.807) is 0 Å². The number of carboxylic acid groups (broad SMARTS) is 1. The number of aliphatic carboxylic acids is 1. The zero-order valence-electron chi connectivity index (χ0n) is 25.9. The molecule has 2 aliphatic heterocycles. The molecule has 2 aliphatic rings. The first kappa shape index (κ1) is 31.3. The van der Waals surface area contributed by atoms with Gasteiger partial charge in [-0.05, 0) is 73.2 Å². The molecule has 2 N–H and O–H groups in total. The minimum absolute atomic E-state index is 0.0431. The highest BCUT2D eigenvalue weighted by atomic mass is 16.7. The van der Waals surface area contributed by atoms with Crippen molar-refractivity contribution >= 4 is 17.6 Å². The summed E-state index contributed by atoms with van der Waals surface area (Å²) in [5.74, 6) is -0.359. The van der Waals surface area contributed by atoms with Crippen LogP contribution in [-0.2, 0) is 27.2 Å². The first-order chi connectivity index (χ1) is 21.3. The lowest BCUT2D eigenvalue weighted by atomic mass is 9.82. The molecule has 0 aromatic heterocycles. The van der Waals surface area contributed by atoms with Crippen molar-refractivity contribution in [3.05, 3.63) is 82.9 Å².